The number of methoxy groups -OCH3 is 1. The van der Waals surface area contributed by atoms with Gasteiger partial charge in [0.15, 0.2) is 0 Å². The Morgan fingerprint density at radius 3 is 2.84 bits per heavy atom. The molecular weight excluding hydrogens is 326 g/mol. The largest absolute Gasteiger partial charge is 0.496 e. The highest BCUT2D eigenvalue weighted by Gasteiger charge is 2.11. The van der Waals surface area contributed by atoms with E-state index in [4.69, 9.17) is 4.74 Å². The summed E-state index contributed by atoms with van der Waals surface area (Å²) in [6.45, 7) is 1.93. The molecule has 0 unspecified atom stereocenters. The number of aryl methyl sites for hydroxylation is 1. The molecule has 0 saturated carbocycles. The van der Waals surface area contributed by atoms with Crippen molar-refractivity contribution >= 4 is 33.0 Å². The third-order valence-electron chi connectivity index (χ3n) is 2.65. The molecule has 0 aliphatic rings. The monoisotopic (exact) mass is 339 g/mol. The predicted octanol–water partition coefficient (Wildman–Crippen LogP) is 3.58. The summed E-state index contributed by atoms with van der Waals surface area (Å²) >= 11 is 4.94. The number of ketones is 1. The van der Waals surface area contributed by atoms with Crippen molar-refractivity contribution in [3.63, 3.8) is 0 Å². The standard InChI is InChI=1S/C14H14BrNO2S/c1-9-8-19-14(16-9)7-12(17)6-10-5-11(15)3-4-13(10)18-2/h3-5,8H,6-7H2,1-2H3. The van der Waals surface area contributed by atoms with E-state index < -0.39 is 0 Å². The number of nitrogens with zero attached hydrogens (tertiary/aromatic N) is 1. The average Bonchev–Trinajstić information content (AvgIpc) is 2.75. The van der Waals surface area contributed by atoms with Crippen LogP contribution in [0, 0.1) is 6.92 Å². The van der Waals surface area contributed by atoms with Gasteiger partial charge in [0, 0.05) is 27.5 Å². The maximum absolute atomic E-state index is 12.1. The molecule has 1 aromatic carbocycles. The van der Waals surface area contributed by atoms with Crippen molar-refractivity contribution < 1.29 is 9.53 Å². The first-order chi connectivity index (χ1) is 9.08. The smallest absolute Gasteiger partial charge is 0.144 e. The zero-order valence-corrected chi connectivity index (χ0v) is 13.2. The van der Waals surface area contributed by atoms with Crippen molar-refractivity contribution in [2.24, 2.45) is 0 Å². The lowest BCUT2D eigenvalue weighted by Gasteiger charge is -2.08. The number of hydrogen-bond acceptors (Lipinski definition) is 4. The lowest BCUT2D eigenvalue weighted by Crippen LogP contribution is -2.07. The molecule has 2 aromatic rings. The molecule has 0 saturated heterocycles. The van der Waals surface area contributed by atoms with E-state index in [1.54, 1.807) is 7.11 Å². The van der Waals surface area contributed by atoms with Crippen molar-refractivity contribution in [2.75, 3.05) is 7.11 Å². The van der Waals surface area contributed by atoms with Crippen LogP contribution in [0.4, 0.5) is 0 Å². The molecular formula is C14H14BrNO2S. The Labute approximate surface area is 124 Å². The van der Waals surface area contributed by atoms with E-state index in [0.717, 1.165) is 26.5 Å². The Bertz CT molecular complexity index is 595. The van der Waals surface area contributed by atoms with E-state index in [1.807, 2.05) is 30.5 Å². The number of carbonyl (C=O) groups is 1. The number of rotatable bonds is 5. The highest BCUT2D eigenvalue weighted by Crippen LogP contribution is 2.24. The van der Waals surface area contributed by atoms with Crippen molar-refractivity contribution in [3.05, 3.63) is 44.3 Å². The Hall–Kier alpha value is -1.20. The van der Waals surface area contributed by atoms with Crippen LogP contribution in [0.3, 0.4) is 0 Å². The maximum atomic E-state index is 12.1. The molecule has 5 heteroatoms. The summed E-state index contributed by atoms with van der Waals surface area (Å²) in [5, 5.41) is 2.83. The quantitative estimate of drug-likeness (QED) is 0.835. The van der Waals surface area contributed by atoms with Gasteiger partial charge in [-0.05, 0) is 25.1 Å². The number of aromatic nitrogens is 1. The minimum absolute atomic E-state index is 0.144. The van der Waals surface area contributed by atoms with Gasteiger partial charge in [-0.1, -0.05) is 15.9 Å². The van der Waals surface area contributed by atoms with Gasteiger partial charge in [-0.2, -0.15) is 0 Å². The highest BCUT2D eigenvalue weighted by atomic mass is 79.9. The van der Waals surface area contributed by atoms with Gasteiger partial charge >= 0.3 is 0 Å². The molecule has 0 spiro atoms. The van der Waals surface area contributed by atoms with Gasteiger partial charge in [0.2, 0.25) is 0 Å². The predicted molar refractivity (Wildman–Crippen MR) is 80.0 cm³/mol. The van der Waals surface area contributed by atoms with E-state index in [0.29, 0.717) is 12.8 Å². The number of hydrogen-bond donors (Lipinski definition) is 0. The van der Waals surface area contributed by atoms with Crippen molar-refractivity contribution in [1.29, 1.82) is 0 Å². The van der Waals surface area contributed by atoms with Crippen molar-refractivity contribution in [1.82, 2.24) is 4.98 Å². The van der Waals surface area contributed by atoms with E-state index >= 15 is 0 Å². The fraction of sp³-hybridized carbons (Fsp3) is 0.286. The molecule has 0 atom stereocenters. The van der Waals surface area contributed by atoms with Gasteiger partial charge < -0.3 is 4.74 Å². The van der Waals surface area contributed by atoms with Crippen LogP contribution in [0.25, 0.3) is 0 Å². The molecule has 2 rings (SSSR count). The normalized spacial score (nSPS) is 10.5. The van der Waals surface area contributed by atoms with Gasteiger partial charge in [0.05, 0.1) is 13.5 Å². The van der Waals surface area contributed by atoms with Crippen LogP contribution in [-0.2, 0) is 17.6 Å². The minimum Gasteiger partial charge on any atom is -0.496 e. The van der Waals surface area contributed by atoms with Crippen LogP contribution in [0.15, 0.2) is 28.1 Å². The molecule has 0 amide bonds. The first-order valence-electron chi connectivity index (χ1n) is 5.83. The molecule has 0 aliphatic carbocycles. The van der Waals surface area contributed by atoms with Gasteiger partial charge in [-0.25, -0.2) is 4.98 Å². The third-order valence-corrected chi connectivity index (χ3v) is 4.10. The molecule has 0 radical (unpaired) electrons. The molecule has 0 N–H and O–H groups in total. The number of Topliss-reactive ketones (excluding diaryl/α,β-unsaturated/α-hetero) is 1. The maximum Gasteiger partial charge on any atom is 0.144 e. The van der Waals surface area contributed by atoms with E-state index in [9.17, 15) is 4.79 Å². The van der Waals surface area contributed by atoms with Gasteiger partial charge in [0.1, 0.15) is 16.5 Å². The molecule has 3 nitrogen and oxygen atoms in total. The lowest BCUT2D eigenvalue weighted by molar-refractivity contribution is -0.117. The zero-order chi connectivity index (χ0) is 13.8. The fourth-order valence-corrected chi connectivity index (χ4v) is 3.02. The van der Waals surface area contributed by atoms with Crippen LogP contribution in [-0.4, -0.2) is 17.9 Å². The first kappa shape index (κ1) is 14.2. The molecule has 0 fully saturated rings. The number of thiazole rings is 1. The summed E-state index contributed by atoms with van der Waals surface area (Å²) in [4.78, 5) is 16.4. The summed E-state index contributed by atoms with van der Waals surface area (Å²) in [5.74, 6) is 0.887. The summed E-state index contributed by atoms with van der Waals surface area (Å²) < 4.78 is 6.22. The zero-order valence-electron chi connectivity index (χ0n) is 10.8. The summed E-state index contributed by atoms with van der Waals surface area (Å²) in [6.07, 6.45) is 0.745. The molecule has 1 heterocycles. The second-order valence-corrected chi connectivity index (χ2v) is 6.09. The second kappa shape index (κ2) is 6.30. The summed E-state index contributed by atoms with van der Waals surface area (Å²) in [7, 11) is 1.61. The summed E-state index contributed by atoms with van der Waals surface area (Å²) in [5.41, 5.74) is 1.86. The van der Waals surface area contributed by atoms with Crippen LogP contribution >= 0.6 is 27.3 Å². The Morgan fingerprint density at radius 1 is 1.42 bits per heavy atom. The Morgan fingerprint density at radius 2 is 2.21 bits per heavy atom. The minimum atomic E-state index is 0.144. The van der Waals surface area contributed by atoms with E-state index in [1.165, 1.54) is 11.3 Å². The molecule has 1 aromatic heterocycles. The van der Waals surface area contributed by atoms with Crippen LogP contribution < -0.4 is 4.74 Å². The van der Waals surface area contributed by atoms with Crippen molar-refractivity contribution in [2.45, 2.75) is 19.8 Å². The van der Waals surface area contributed by atoms with Crippen LogP contribution in [0.5, 0.6) is 5.75 Å². The molecule has 19 heavy (non-hydrogen) atoms. The summed E-state index contributed by atoms with van der Waals surface area (Å²) in [6, 6.07) is 5.68. The lowest BCUT2D eigenvalue weighted by atomic mass is 10.1. The Kier molecular flexibility index (Phi) is 4.71. The number of benzene rings is 1. The van der Waals surface area contributed by atoms with Crippen LogP contribution in [0.1, 0.15) is 16.3 Å². The molecule has 0 aliphatic heterocycles. The second-order valence-electron chi connectivity index (χ2n) is 4.23. The number of carbonyl (C=O) groups excluding carboxylic acids is 1. The molecule has 0 bridgehead atoms. The van der Waals surface area contributed by atoms with E-state index in [2.05, 4.69) is 20.9 Å². The van der Waals surface area contributed by atoms with E-state index in [-0.39, 0.29) is 5.78 Å². The Balaban J connectivity index is 2.08. The third kappa shape index (κ3) is 3.88. The van der Waals surface area contributed by atoms with Gasteiger partial charge in [-0.15, -0.1) is 11.3 Å². The van der Waals surface area contributed by atoms with Gasteiger partial charge in [0.25, 0.3) is 0 Å². The van der Waals surface area contributed by atoms with Gasteiger partial charge in [-0.3, -0.25) is 4.79 Å². The topological polar surface area (TPSA) is 39.2 Å². The van der Waals surface area contributed by atoms with Crippen LogP contribution in [0.2, 0.25) is 0 Å². The highest BCUT2D eigenvalue weighted by molar-refractivity contribution is 9.10. The molecule has 100 valence electrons. The SMILES string of the molecule is COc1ccc(Br)cc1CC(=O)Cc1nc(C)cs1. The first-order valence-corrected chi connectivity index (χ1v) is 7.51. The number of ether oxygens (including phenoxy) is 1. The van der Waals surface area contributed by atoms with Crippen molar-refractivity contribution in [3.8, 4) is 5.75 Å². The average molecular weight is 340 g/mol. The number of halogens is 1. The fourth-order valence-electron chi connectivity index (χ4n) is 1.81.